The van der Waals surface area contributed by atoms with Gasteiger partial charge in [-0.15, -0.1) is 11.3 Å². The molecule has 4 heteroatoms. The second kappa shape index (κ2) is 3.86. The monoisotopic (exact) mass is 206 g/mol. The molecule has 1 N–H and O–H groups in total. The highest BCUT2D eigenvalue weighted by Crippen LogP contribution is 2.25. The molecule has 2 rings (SSSR count). The predicted molar refractivity (Wildman–Crippen MR) is 56.0 cm³/mol. The summed E-state index contributed by atoms with van der Waals surface area (Å²) in [6.45, 7) is 2.05. The number of aliphatic hydroxyl groups is 1. The molecule has 0 unspecified atom stereocenters. The second-order valence-electron chi connectivity index (χ2n) is 2.96. The van der Waals surface area contributed by atoms with Crippen LogP contribution in [0.4, 0.5) is 0 Å². The van der Waals surface area contributed by atoms with Gasteiger partial charge in [-0.05, 0) is 18.6 Å². The van der Waals surface area contributed by atoms with Gasteiger partial charge in [-0.1, -0.05) is 6.07 Å². The molecular weight excluding hydrogens is 196 g/mol. The molecule has 14 heavy (non-hydrogen) atoms. The quantitative estimate of drug-likeness (QED) is 0.817. The van der Waals surface area contributed by atoms with Gasteiger partial charge in [-0.3, -0.25) is 4.98 Å². The summed E-state index contributed by atoms with van der Waals surface area (Å²) in [6, 6.07) is 3.90. The topological polar surface area (TPSA) is 46.0 Å². The number of hydrogen-bond donors (Lipinski definition) is 1. The summed E-state index contributed by atoms with van der Waals surface area (Å²) in [5.74, 6) is 0. The third-order valence-electron chi connectivity index (χ3n) is 1.92. The number of aliphatic hydroxyl groups excluding tert-OH is 1. The number of thiazole rings is 1. The first-order valence-electron chi connectivity index (χ1n) is 4.29. The molecule has 0 atom stereocenters. The summed E-state index contributed by atoms with van der Waals surface area (Å²) in [4.78, 5) is 9.34. The van der Waals surface area contributed by atoms with E-state index in [0.717, 1.165) is 21.1 Å². The Balaban J connectivity index is 2.44. The minimum Gasteiger partial charge on any atom is -0.391 e. The van der Waals surface area contributed by atoms with Crippen molar-refractivity contribution in [1.29, 1.82) is 0 Å². The van der Waals surface area contributed by atoms with Crippen LogP contribution in [0.1, 0.15) is 10.4 Å². The van der Waals surface area contributed by atoms with Crippen LogP contribution in [0.3, 0.4) is 0 Å². The zero-order valence-corrected chi connectivity index (χ0v) is 8.58. The van der Waals surface area contributed by atoms with Gasteiger partial charge in [-0.2, -0.15) is 0 Å². The summed E-state index contributed by atoms with van der Waals surface area (Å²) in [6.07, 6.45) is 3.44. The molecule has 2 aromatic rings. The van der Waals surface area contributed by atoms with Crippen LogP contribution in [-0.4, -0.2) is 15.1 Å². The maximum absolute atomic E-state index is 8.92. The third-order valence-corrected chi connectivity index (χ3v) is 2.91. The van der Waals surface area contributed by atoms with Crippen molar-refractivity contribution in [2.75, 3.05) is 0 Å². The van der Waals surface area contributed by atoms with Crippen LogP contribution < -0.4 is 0 Å². The van der Waals surface area contributed by atoms with E-state index >= 15 is 0 Å². The molecule has 0 aliphatic rings. The zero-order valence-electron chi connectivity index (χ0n) is 7.77. The fourth-order valence-corrected chi connectivity index (χ4v) is 2.03. The first-order chi connectivity index (χ1) is 6.81. The van der Waals surface area contributed by atoms with E-state index in [0.29, 0.717) is 0 Å². The number of pyridine rings is 1. The highest BCUT2D eigenvalue weighted by atomic mass is 32.1. The number of nitrogens with zero attached hydrogens (tertiary/aromatic N) is 2. The third kappa shape index (κ3) is 1.66. The Hall–Kier alpha value is -1.26. The number of aryl methyl sites for hydroxylation is 1. The molecule has 0 fully saturated rings. The number of aromatic nitrogens is 2. The highest BCUT2D eigenvalue weighted by Gasteiger charge is 2.07. The summed E-state index contributed by atoms with van der Waals surface area (Å²) in [5.41, 5.74) is 2.00. The summed E-state index contributed by atoms with van der Waals surface area (Å²) in [5, 5.41) is 9.78. The van der Waals surface area contributed by atoms with Crippen molar-refractivity contribution in [2.24, 2.45) is 0 Å². The van der Waals surface area contributed by atoms with Gasteiger partial charge in [0.15, 0.2) is 0 Å². The maximum Gasteiger partial charge on any atom is 0.142 e. The average Bonchev–Trinajstić information content (AvgIpc) is 2.67. The fraction of sp³-hybridized carbons (Fsp3) is 0.200. The van der Waals surface area contributed by atoms with E-state index < -0.39 is 0 Å². The van der Waals surface area contributed by atoms with Gasteiger partial charge in [-0.25, -0.2) is 4.98 Å². The van der Waals surface area contributed by atoms with Crippen LogP contribution in [0.2, 0.25) is 0 Å². The van der Waals surface area contributed by atoms with Gasteiger partial charge in [0.05, 0.1) is 11.5 Å². The Morgan fingerprint density at radius 1 is 1.43 bits per heavy atom. The van der Waals surface area contributed by atoms with E-state index in [4.69, 9.17) is 5.11 Å². The van der Waals surface area contributed by atoms with Crippen LogP contribution in [0.25, 0.3) is 10.7 Å². The van der Waals surface area contributed by atoms with Crippen molar-refractivity contribution < 1.29 is 5.11 Å². The zero-order chi connectivity index (χ0) is 9.97. The molecular formula is C10H10N2OS. The molecule has 3 nitrogen and oxygen atoms in total. The van der Waals surface area contributed by atoms with E-state index in [2.05, 4.69) is 9.97 Å². The van der Waals surface area contributed by atoms with Crippen LogP contribution in [0, 0.1) is 6.92 Å². The van der Waals surface area contributed by atoms with Crippen LogP contribution in [0.15, 0.2) is 24.5 Å². The normalized spacial score (nSPS) is 10.4. The SMILES string of the molecule is Cc1cccnc1-c1ncc(CO)s1. The van der Waals surface area contributed by atoms with E-state index in [1.165, 1.54) is 11.3 Å². The van der Waals surface area contributed by atoms with Gasteiger partial charge in [0.1, 0.15) is 10.7 Å². The number of hydrogen-bond acceptors (Lipinski definition) is 4. The van der Waals surface area contributed by atoms with Gasteiger partial charge in [0, 0.05) is 12.4 Å². The lowest BCUT2D eigenvalue weighted by molar-refractivity contribution is 0.285. The molecule has 0 radical (unpaired) electrons. The van der Waals surface area contributed by atoms with Gasteiger partial charge < -0.3 is 5.11 Å². The summed E-state index contributed by atoms with van der Waals surface area (Å²) in [7, 11) is 0. The Morgan fingerprint density at radius 3 is 2.93 bits per heavy atom. The molecule has 0 aliphatic carbocycles. The largest absolute Gasteiger partial charge is 0.391 e. The molecule has 0 aromatic carbocycles. The van der Waals surface area contributed by atoms with Crippen molar-refractivity contribution in [1.82, 2.24) is 9.97 Å². The molecule has 2 heterocycles. The Bertz CT molecular complexity index is 439. The van der Waals surface area contributed by atoms with Gasteiger partial charge in [0.25, 0.3) is 0 Å². The summed E-state index contributed by atoms with van der Waals surface area (Å²) >= 11 is 1.48. The highest BCUT2D eigenvalue weighted by molar-refractivity contribution is 7.14. The Kier molecular flexibility index (Phi) is 2.56. The standard InChI is InChI=1S/C10H10N2OS/c1-7-3-2-4-11-9(7)10-12-5-8(6-13)14-10/h2-5,13H,6H2,1H3. The molecule has 0 amide bonds. The van der Waals surface area contributed by atoms with Crippen LogP contribution in [0.5, 0.6) is 0 Å². The minimum absolute atomic E-state index is 0.0452. The first-order valence-corrected chi connectivity index (χ1v) is 5.10. The fourth-order valence-electron chi connectivity index (χ4n) is 1.20. The van der Waals surface area contributed by atoms with E-state index in [-0.39, 0.29) is 6.61 Å². The molecule has 72 valence electrons. The number of rotatable bonds is 2. The van der Waals surface area contributed by atoms with E-state index in [1.54, 1.807) is 12.4 Å². The van der Waals surface area contributed by atoms with Gasteiger partial charge in [0.2, 0.25) is 0 Å². The summed E-state index contributed by atoms with van der Waals surface area (Å²) < 4.78 is 0. The van der Waals surface area contributed by atoms with Crippen molar-refractivity contribution in [3.63, 3.8) is 0 Å². The van der Waals surface area contributed by atoms with Gasteiger partial charge >= 0.3 is 0 Å². The van der Waals surface area contributed by atoms with Crippen molar-refractivity contribution in [2.45, 2.75) is 13.5 Å². The lowest BCUT2D eigenvalue weighted by atomic mass is 10.2. The first kappa shape index (κ1) is 9.30. The van der Waals surface area contributed by atoms with Crippen molar-refractivity contribution in [3.05, 3.63) is 35.0 Å². The molecule has 2 aromatic heterocycles. The molecule has 0 spiro atoms. The molecule has 0 saturated carbocycles. The lowest BCUT2D eigenvalue weighted by Gasteiger charge is -1.98. The Labute approximate surface area is 86.1 Å². The maximum atomic E-state index is 8.92. The molecule has 0 bridgehead atoms. The van der Waals surface area contributed by atoms with E-state index in [1.807, 2.05) is 19.1 Å². The smallest absolute Gasteiger partial charge is 0.142 e. The van der Waals surface area contributed by atoms with Crippen LogP contribution >= 0.6 is 11.3 Å². The molecule has 0 aliphatic heterocycles. The Morgan fingerprint density at radius 2 is 2.29 bits per heavy atom. The van der Waals surface area contributed by atoms with Crippen molar-refractivity contribution >= 4 is 11.3 Å². The minimum atomic E-state index is 0.0452. The van der Waals surface area contributed by atoms with E-state index in [9.17, 15) is 0 Å². The average molecular weight is 206 g/mol. The second-order valence-corrected chi connectivity index (χ2v) is 4.07. The van der Waals surface area contributed by atoms with Crippen LogP contribution in [-0.2, 0) is 6.61 Å². The lowest BCUT2D eigenvalue weighted by Crippen LogP contribution is -1.85. The predicted octanol–water partition coefficient (Wildman–Crippen LogP) is 2.01. The van der Waals surface area contributed by atoms with Crippen molar-refractivity contribution in [3.8, 4) is 10.7 Å². The molecule has 0 saturated heterocycles.